The van der Waals surface area contributed by atoms with Gasteiger partial charge in [0.05, 0.1) is 11.4 Å². The lowest BCUT2D eigenvalue weighted by Crippen LogP contribution is -2.22. The molecule has 7 heteroatoms. The molecule has 0 saturated heterocycles. The molecule has 2 aromatic heterocycles. The van der Waals surface area contributed by atoms with Gasteiger partial charge in [0.15, 0.2) is 5.16 Å². The van der Waals surface area contributed by atoms with E-state index >= 15 is 0 Å². The average molecular weight is 443 g/mol. The zero-order valence-corrected chi connectivity index (χ0v) is 18.4. The number of hydrogen-bond donors (Lipinski definition) is 1. The molecule has 4 aromatic rings. The van der Waals surface area contributed by atoms with Gasteiger partial charge in [-0.15, -0.1) is 0 Å². The molecule has 0 atom stereocenters. The minimum atomic E-state index is -0.170. The molecular formula is C25H22N4O2S. The van der Waals surface area contributed by atoms with Crippen molar-refractivity contribution in [2.75, 3.05) is 11.1 Å². The Morgan fingerprint density at radius 1 is 0.969 bits per heavy atom. The van der Waals surface area contributed by atoms with Crippen LogP contribution in [0.3, 0.4) is 0 Å². The molecule has 160 valence electrons. The summed E-state index contributed by atoms with van der Waals surface area (Å²) in [6.07, 6.45) is 4.37. The van der Waals surface area contributed by atoms with Crippen molar-refractivity contribution in [1.82, 2.24) is 14.5 Å². The number of thioether (sulfide) groups is 1. The molecule has 0 aliphatic heterocycles. The van der Waals surface area contributed by atoms with Crippen molar-refractivity contribution in [3.63, 3.8) is 0 Å². The topological polar surface area (TPSA) is 76.9 Å². The number of aromatic nitrogens is 3. The first kappa shape index (κ1) is 21.5. The Balaban J connectivity index is 1.41. The summed E-state index contributed by atoms with van der Waals surface area (Å²) in [5.74, 6) is -0.0196. The zero-order chi connectivity index (χ0) is 22.3. The predicted molar refractivity (Wildman–Crippen MR) is 127 cm³/mol. The number of benzene rings is 2. The van der Waals surface area contributed by atoms with Gasteiger partial charge in [0.2, 0.25) is 5.91 Å². The summed E-state index contributed by atoms with van der Waals surface area (Å²) >= 11 is 1.24. The van der Waals surface area contributed by atoms with Gasteiger partial charge >= 0.3 is 0 Å². The number of carbonyl (C=O) groups is 1. The van der Waals surface area contributed by atoms with Crippen molar-refractivity contribution in [1.29, 1.82) is 0 Å². The molecular weight excluding hydrogens is 420 g/mol. The van der Waals surface area contributed by atoms with Crippen LogP contribution in [-0.4, -0.2) is 26.2 Å². The fraction of sp³-hybridized carbons (Fsp3) is 0.120. The van der Waals surface area contributed by atoms with Crippen LogP contribution >= 0.6 is 11.8 Å². The molecule has 0 unspecified atom stereocenters. The Kier molecular flexibility index (Phi) is 6.77. The van der Waals surface area contributed by atoms with Gasteiger partial charge in [-0.25, -0.2) is 4.98 Å². The van der Waals surface area contributed by atoms with E-state index in [0.717, 1.165) is 23.4 Å². The van der Waals surface area contributed by atoms with Gasteiger partial charge in [-0.3, -0.25) is 19.1 Å². The van der Waals surface area contributed by atoms with Gasteiger partial charge < -0.3 is 5.32 Å². The second-order valence-corrected chi connectivity index (χ2v) is 8.20. The standard InChI is InChI=1S/C25H22N4O2S/c1-18-15-24(31)29(22-5-3-2-4-6-22)25(27-18)32-17-23(30)28-21-9-7-19(8-10-21)16-20-11-13-26-14-12-20/h2-15H,16-17H2,1H3,(H,28,30). The third kappa shape index (κ3) is 5.50. The first-order valence-electron chi connectivity index (χ1n) is 10.1. The number of amides is 1. The largest absolute Gasteiger partial charge is 0.325 e. The molecule has 0 aliphatic rings. The minimum absolute atomic E-state index is 0.140. The summed E-state index contributed by atoms with van der Waals surface area (Å²) in [4.78, 5) is 33.6. The molecule has 0 spiro atoms. The van der Waals surface area contributed by atoms with E-state index in [1.807, 2.05) is 66.7 Å². The van der Waals surface area contributed by atoms with Crippen molar-refractivity contribution < 1.29 is 4.79 Å². The van der Waals surface area contributed by atoms with Crippen LogP contribution in [0.5, 0.6) is 0 Å². The molecule has 32 heavy (non-hydrogen) atoms. The van der Waals surface area contributed by atoms with Gasteiger partial charge in [-0.1, -0.05) is 42.1 Å². The van der Waals surface area contributed by atoms with E-state index in [0.29, 0.717) is 10.9 Å². The third-order valence-corrected chi connectivity index (χ3v) is 5.70. The lowest BCUT2D eigenvalue weighted by atomic mass is 10.1. The molecule has 0 bridgehead atoms. The highest BCUT2D eigenvalue weighted by Crippen LogP contribution is 2.19. The van der Waals surface area contributed by atoms with Crippen LogP contribution in [0.4, 0.5) is 5.69 Å². The van der Waals surface area contributed by atoms with Crippen LogP contribution in [0, 0.1) is 6.92 Å². The third-order valence-electron chi connectivity index (χ3n) is 4.76. The monoisotopic (exact) mass is 442 g/mol. The van der Waals surface area contributed by atoms with Crippen LogP contribution < -0.4 is 10.9 Å². The molecule has 2 heterocycles. The van der Waals surface area contributed by atoms with Crippen molar-refractivity contribution in [2.24, 2.45) is 0 Å². The summed E-state index contributed by atoms with van der Waals surface area (Å²) in [7, 11) is 0. The number of para-hydroxylation sites is 1. The number of anilines is 1. The number of hydrogen-bond acceptors (Lipinski definition) is 5. The van der Waals surface area contributed by atoms with Crippen LogP contribution in [-0.2, 0) is 11.2 Å². The molecule has 0 radical (unpaired) electrons. The van der Waals surface area contributed by atoms with E-state index in [9.17, 15) is 9.59 Å². The Morgan fingerprint density at radius 2 is 1.66 bits per heavy atom. The van der Waals surface area contributed by atoms with E-state index < -0.39 is 0 Å². The molecule has 1 amide bonds. The number of pyridine rings is 1. The Morgan fingerprint density at radius 3 is 2.38 bits per heavy atom. The van der Waals surface area contributed by atoms with E-state index in [-0.39, 0.29) is 17.2 Å². The molecule has 0 aliphatic carbocycles. The second-order valence-electron chi connectivity index (χ2n) is 7.26. The Bertz CT molecular complexity index is 1260. The first-order valence-corrected chi connectivity index (χ1v) is 11.1. The fourth-order valence-electron chi connectivity index (χ4n) is 3.25. The average Bonchev–Trinajstić information content (AvgIpc) is 2.80. The van der Waals surface area contributed by atoms with Gasteiger partial charge in [-0.2, -0.15) is 0 Å². The van der Waals surface area contributed by atoms with Crippen LogP contribution in [0.25, 0.3) is 5.69 Å². The smallest absolute Gasteiger partial charge is 0.258 e. The highest BCUT2D eigenvalue weighted by atomic mass is 32.2. The van der Waals surface area contributed by atoms with Crippen LogP contribution in [0.2, 0.25) is 0 Å². The quantitative estimate of drug-likeness (QED) is 0.342. The summed E-state index contributed by atoms with van der Waals surface area (Å²) in [6.45, 7) is 1.77. The maximum absolute atomic E-state index is 12.6. The van der Waals surface area contributed by atoms with E-state index in [2.05, 4.69) is 15.3 Å². The summed E-state index contributed by atoms with van der Waals surface area (Å²) in [6, 6.07) is 22.5. The Hall–Kier alpha value is -3.71. The van der Waals surface area contributed by atoms with E-state index in [1.165, 1.54) is 28.0 Å². The van der Waals surface area contributed by atoms with Crippen molar-refractivity contribution >= 4 is 23.4 Å². The Labute approximate surface area is 190 Å². The molecule has 2 aromatic carbocycles. The molecule has 0 fully saturated rings. The number of carbonyl (C=O) groups excluding carboxylic acids is 1. The molecule has 1 N–H and O–H groups in total. The highest BCUT2D eigenvalue weighted by Gasteiger charge is 2.12. The van der Waals surface area contributed by atoms with Gasteiger partial charge in [0.1, 0.15) is 0 Å². The van der Waals surface area contributed by atoms with E-state index in [1.54, 1.807) is 19.3 Å². The molecule has 6 nitrogen and oxygen atoms in total. The molecule has 4 rings (SSSR count). The normalized spacial score (nSPS) is 10.7. The minimum Gasteiger partial charge on any atom is -0.325 e. The summed E-state index contributed by atoms with van der Waals surface area (Å²) < 4.78 is 1.53. The van der Waals surface area contributed by atoms with Crippen molar-refractivity contribution in [3.8, 4) is 5.69 Å². The predicted octanol–water partition coefficient (Wildman–Crippen LogP) is 4.26. The first-order chi connectivity index (χ1) is 15.6. The maximum Gasteiger partial charge on any atom is 0.258 e. The SMILES string of the molecule is Cc1cc(=O)n(-c2ccccc2)c(SCC(=O)Nc2ccc(Cc3ccncc3)cc2)n1. The highest BCUT2D eigenvalue weighted by molar-refractivity contribution is 7.99. The van der Waals surface area contributed by atoms with E-state index in [4.69, 9.17) is 0 Å². The lowest BCUT2D eigenvalue weighted by Gasteiger charge is -2.12. The number of nitrogens with zero attached hydrogens (tertiary/aromatic N) is 3. The van der Waals surface area contributed by atoms with Gasteiger partial charge in [0, 0.05) is 29.8 Å². The van der Waals surface area contributed by atoms with Crippen LogP contribution in [0.1, 0.15) is 16.8 Å². The summed E-state index contributed by atoms with van der Waals surface area (Å²) in [5.41, 5.74) is 4.23. The number of nitrogens with one attached hydrogen (secondary N) is 1. The number of rotatable bonds is 7. The van der Waals surface area contributed by atoms with Crippen molar-refractivity contribution in [2.45, 2.75) is 18.5 Å². The summed E-state index contributed by atoms with van der Waals surface area (Å²) in [5, 5.41) is 3.40. The van der Waals surface area contributed by atoms with Crippen molar-refractivity contribution in [3.05, 3.63) is 112 Å². The van der Waals surface area contributed by atoms with Gasteiger partial charge in [-0.05, 0) is 60.9 Å². The molecule has 0 saturated carbocycles. The van der Waals surface area contributed by atoms with Gasteiger partial charge in [0.25, 0.3) is 5.56 Å². The second kappa shape index (κ2) is 10.1. The lowest BCUT2D eigenvalue weighted by molar-refractivity contribution is -0.113. The van der Waals surface area contributed by atoms with Crippen LogP contribution in [0.15, 0.2) is 95.1 Å². The zero-order valence-electron chi connectivity index (χ0n) is 17.6. The fourth-order valence-corrected chi connectivity index (χ4v) is 4.12. The maximum atomic E-state index is 12.6. The number of aryl methyl sites for hydroxylation is 1.